The number of nitrogens with zero attached hydrogens (tertiary/aromatic N) is 1. The fourth-order valence-electron chi connectivity index (χ4n) is 3.85. The van der Waals surface area contributed by atoms with Gasteiger partial charge in [0.1, 0.15) is 17.2 Å². The Morgan fingerprint density at radius 1 is 0.794 bits per heavy atom. The van der Waals surface area contributed by atoms with E-state index in [0.717, 1.165) is 11.1 Å². The van der Waals surface area contributed by atoms with Crippen LogP contribution < -0.4 is 14.8 Å². The molecule has 0 aromatic heterocycles. The fraction of sp³-hybridized carbons (Fsp3) is 0.214. The van der Waals surface area contributed by atoms with Crippen molar-refractivity contribution in [2.24, 2.45) is 0 Å². The Kier molecular flexibility index (Phi) is 6.97. The van der Waals surface area contributed by atoms with Crippen LogP contribution in [0.3, 0.4) is 0 Å². The van der Waals surface area contributed by atoms with E-state index in [0.29, 0.717) is 41.5 Å². The number of ether oxygens (including phenoxy) is 2. The third kappa shape index (κ3) is 4.81. The lowest BCUT2D eigenvalue weighted by Crippen LogP contribution is -2.32. The minimum absolute atomic E-state index is 0.191. The van der Waals surface area contributed by atoms with E-state index in [1.54, 1.807) is 24.3 Å². The lowest BCUT2D eigenvalue weighted by atomic mass is 10.0. The van der Waals surface area contributed by atoms with E-state index in [1.165, 1.54) is 4.90 Å². The highest BCUT2D eigenvalue weighted by Crippen LogP contribution is 2.34. The number of rotatable bonds is 9. The number of hydrogen-bond donors (Lipinski definition) is 1. The SMILES string of the molecule is CCOc1ccc(C2=C(Nc3ccccc3OCC)C(=O)N(Cc3ccc(C)cc3)C2=O)cc1. The van der Waals surface area contributed by atoms with E-state index in [2.05, 4.69) is 5.32 Å². The molecule has 0 spiro atoms. The minimum atomic E-state index is -0.374. The predicted molar refractivity (Wildman–Crippen MR) is 133 cm³/mol. The normalized spacial score (nSPS) is 13.4. The van der Waals surface area contributed by atoms with Gasteiger partial charge in [0.05, 0.1) is 31.0 Å². The first-order valence-electron chi connectivity index (χ1n) is 11.4. The van der Waals surface area contributed by atoms with Crippen LogP contribution in [0.25, 0.3) is 5.57 Å². The molecule has 0 atom stereocenters. The van der Waals surface area contributed by atoms with Gasteiger partial charge in [0.25, 0.3) is 11.8 Å². The molecule has 2 amide bonds. The van der Waals surface area contributed by atoms with Crippen molar-refractivity contribution in [2.75, 3.05) is 18.5 Å². The van der Waals surface area contributed by atoms with E-state index in [9.17, 15) is 9.59 Å². The monoisotopic (exact) mass is 456 g/mol. The van der Waals surface area contributed by atoms with Gasteiger partial charge in [-0.05, 0) is 56.2 Å². The van der Waals surface area contributed by atoms with Gasteiger partial charge in [-0.3, -0.25) is 14.5 Å². The van der Waals surface area contributed by atoms with E-state index >= 15 is 0 Å². The zero-order valence-electron chi connectivity index (χ0n) is 19.6. The number of anilines is 1. The molecule has 0 radical (unpaired) electrons. The molecule has 4 rings (SSSR count). The molecule has 0 bridgehead atoms. The number of carbonyl (C=O) groups is 2. The predicted octanol–water partition coefficient (Wildman–Crippen LogP) is 5.18. The maximum absolute atomic E-state index is 13.6. The van der Waals surface area contributed by atoms with E-state index in [-0.39, 0.29) is 24.1 Å². The average molecular weight is 457 g/mol. The molecule has 1 aliphatic rings. The molecule has 1 N–H and O–H groups in total. The van der Waals surface area contributed by atoms with Crippen molar-refractivity contribution >= 4 is 23.1 Å². The summed E-state index contributed by atoms with van der Waals surface area (Å²) >= 11 is 0. The van der Waals surface area contributed by atoms with Crippen LogP contribution in [0.4, 0.5) is 5.69 Å². The summed E-state index contributed by atoms with van der Waals surface area (Å²) in [5.41, 5.74) is 3.82. The molecule has 34 heavy (non-hydrogen) atoms. The summed E-state index contributed by atoms with van der Waals surface area (Å²) in [4.78, 5) is 28.4. The number of carbonyl (C=O) groups excluding carboxylic acids is 2. The number of hydrogen-bond acceptors (Lipinski definition) is 5. The van der Waals surface area contributed by atoms with Crippen LogP contribution in [0.1, 0.15) is 30.5 Å². The molecule has 6 nitrogen and oxygen atoms in total. The zero-order chi connectivity index (χ0) is 24.1. The first kappa shape index (κ1) is 23.1. The van der Waals surface area contributed by atoms with Crippen LogP contribution in [0, 0.1) is 6.92 Å². The van der Waals surface area contributed by atoms with Crippen LogP contribution in [0.2, 0.25) is 0 Å². The number of aryl methyl sites for hydroxylation is 1. The number of amides is 2. The van der Waals surface area contributed by atoms with Crippen LogP contribution in [0.15, 0.2) is 78.5 Å². The number of nitrogens with one attached hydrogen (secondary N) is 1. The molecule has 0 aliphatic carbocycles. The Labute approximate surface area is 199 Å². The molecule has 174 valence electrons. The van der Waals surface area contributed by atoms with Crippen LogP contribution in [0.5, 0.6) is 11.5 Å². The van der Waals surface area contributed by atoms with Crippen molar-refractivity contribution in [1.29, 1.82) is 0 Å². The molecule has 3 aromatic carbocycles. The molecule has 0 saturated carbocycles. The highest BCUT2D eigenvalue weighted by molar-refractivity contribution is 6.36. The van der Waals surface area contributed by atoms with Gasteiger partial charge in [-0.15, -0.1) is 0 Å². The topological polar surface area (TPSA) is 67.9 Å². The number of imide groups is 1. The molecule has 3 aromatic rings. The summed E-state index contributed by atoms with van der Waals surface area (Å²) in [5.74, 6) is 0.601. The first-order valence-corrected chi connectivity index (χ1v) is 11.4. The lowest BCUT2D eigenvalue weighted by molar-refractivity contribution is -0.137. The molecular weight excluding hydrogens is 428 g/mol. The van der Waals surface area contributed by atoms with E-state index < -0.39 is 0 Å². The Morgan fingerprint density at radius 3 is 2.15 bits per heavy atom. The second-order valence-electron chi connectivity index (χ2n) is 7.94. The Hall–Kier alpha value is -4.06. The second-order valence-corrected chi connectivity index (χ2v) is 7.94. The third-order valence-electron chi connectivity index (χ3n) is 5.53. The highest BCUT2D eigenvalue weighted by Gasteiger charge is 2.39. The molecule has 1 aliphatic heterocycles. The smallest absolute Gasteiger partial charge is 0.278 e. The molecule has 0 unspecified atom stereocenters. The van der Waals surface area contributed by atoms with Gasteiger partial charge in [0.2, 0.25) is 0 Å². The standard InChI is InChI=1S/C28H28N2O4/c1-4-33-22-16-14-21(15-17-22)25-26(29-23-8-6-7-9-24(23)34-5-2)28(32)30(27(25)31)18-20-12-10-19(3)11-13-20/h6-17,29H,4-5,18H2,1-3H3. The van der Waals surface area contributed by atoms with Crippen molar-refractivity contribution in [3.8, 4) is 11.5 Å². The zero-order valence-corrected chi connectivity index (χ0v) is 19.6. The van der Waals surface area contributed by atoms with Crippen LogP contribution in [-0.2, 0) is 16.1 Å². The van der Waals surface area contributed by atoms with Gasteiger partial charge in [-0.1, -0.05) is 54.1 Å². The fourth-order valence-corrected chi connectivity index (χ4v) is 3.85. The van der Waals surface area contributed by atoms with E-state index in [1.807, 2.05) is 69.3 Å². The minimum Gasteiger partial charge on any atom is -0.494 e. The van der Waals surface area contributed by atoms with Gasteiger partial charge in [-0.2, -0.15) is 0 Å². The molecule has 6 heteroatoms. The summed E-state index contributed by atoms with van der Waals surface area (Å²) in [6, 6.07) is 22.4. The summed E-state index contributed by atoms with van der Waals surface area (Å²) in [6.45, 7) is 7.03. The molecule has 1 heterocycles. The van der Waals surface area contributed by atoms with Crippen LogP contribution in [-0.4, -0.2) is 29.9 Å². The van der Waals surface area contributed by atoms with Crippen molar-refractivity contribution in [1.82, 2.24) is 4.90 Å². The Balaban J connectivity index is 1.73. The second kappa shape index (κ2) is 10.3. The maximum Gasteiger partial charge on any atom is 0.278 e. The van der Waals surface area contributed by atoms with Gasteiger partial charge in [0, 0.05) is 0 Å². The first-order chi connectivity index (χ1) is 16.5. The average Bonchev–Trinajstić information content (AvgIpc) is 3.07. The summed E-state index contributed by atoms with van der Waals surface area (Å²) in [6.07, 6.45) is 0. The summed E-state index contributed by atoms with van der Waals surface area (Å²) in [7, 11) is 0. The van der Waals surface area contributed by atoms with Crippen LogP contribution >= 0.6 is 0 Å². The lowest BCUT2D eigenvalue weighted by Gasteiger charge is -2.16. The number of para-hydroxylation sites is 2. The van der Waals surface area contributed by atoms with Crippen molar-refractivity contribution < 1.29 is 19.1 Å². The Morgan fingerprint density at radius 2 is 1.47 bits per heavy atom. The molecular formula is C28H28N2O4. The van der Waals surface area contributed by atoms with Crippen molar-refractivity contribution in [3.63, 3.8) is 0 Å². The molecule has 0 saturated heterocycles. The summed E-state index contributed by atoms with van der Waals surface area (Å²) < 4.78 is 11.3. The maximum atomic E-state index is 13.6. The van der Waals surface area contributed by atoms with Crippen molar-refractivity contribution in [2.45, 2.75) is 27.3 Å². The van der Waals surface area contributed by atoms with Crippen molar-refractivity contribution in [3.05, 3.63) is 95.2 Å². The van der Waals surface area contributed by atoms with Gasteiger partial charge >= 0.3 is 0 Å². The Bertz CT molecular complexity index is 1210. The van der Waals surface area contributed by atoms with Gasteiger partial charge < -0.3 is 14.8 Å². The largest absolute Gasteiger partial charge is 0.494 e. The highest BCUT2D eigenvalue weighted by atomic mass is 16.5. The van der Waals surface area contributed by atoms with E-state index in [4.69, 9.17) is 9.47 Å². The van der Waals surface area contributed by atoms with Gasteiger partial charge in [-0.25, -0.2) is 0 Å². The summed E-state index contributed by atoms with van der Waals surface area (Å²) in [5, 5.41) is 3.20. The quantitative estimate of drug-likeness (QED) is 0.449. The third-order valence-corrected chi connectivity index (χ3v) is 5.53. The molecule has 0 fully saturated rings. The number of benzene rings is 3. The van der Waals surface area contributed by atoms with Gasteiger partial charge in [0.15, 0.2) is 0 Å².